The Hall–Kier alpha value is -0.830. The van der Waals surface area contributed by atoms with E-state index in [0.29, 0.717) is 5.92 Å². The van der Waals surface area contributed by atoms with Crippen molar-refractivity contribution in [3.8, 4) is 0 Å². The van der Waals surface area contributed by atoms with Gasteiger partial charge in [0.15, 0.2) is 0 Å². The van der Waals surface area contributed by atoms with Crippen molar-refractivity contribution in [3.05, 3.63) is 11.6 Å². The van der Waals surface area contributed by atoms with Crippen molar-refractivity contribution in [1.82, 2.24) is 10.2 Å². The molecule has 0 aliphatic carbocycles. The number of carbonyl (C=O) groups excluding carboxylic acids is 1. The number of carbonyl (C=O) groups is 1. The summed E-state index contributed by atoms with van der Waals surface area (Å²) in [6.45, 7) is 14.4. The Morgan fingerprint density at radius 2 is 2.11 bits per heavy atom. The van der Waals surface area contributed by atoms with Crippen molar-refractivity contribution in [2.75, 3.05) is 26.2 Å². The van der Waals surface area contributed by atoms with Gasteiger partial charge in [-0.3, -0.25) is 9.69 Å². The molecule has 3 heteroatoms. The van der Waals surface area contributed by atoms with E-state index >= 15 is 0 Å². The van der Waals surface area contributed by atoms with E-state index in [2.05, 4.69) is 30.1 Å². The highest BCUT2D eigenvalue weighted by molar-refractivity contribution is 5.81. The smallest absolute Gasteiger partial charge is 0.225 e. The SMILES string of the molecule is CC/C=C(\C)CN1CCC(CNC(=O)C(C)(C)C)C1. The fraction of sp³-hybridized carbons (Fsp3) is 0.812. The zero-order valence-electron chi connectivity index (χ0n) is 13.3. The maximum Gasteiger partial charge on any atom is 0.225 e. The van der Waals surface area contributed by atoms with Gasteiger partial charge in [-0.2, -0.15) is 0 Å². The molecule has 1 saturated heterocycles. The van der Waals surface area contributed by atoms with Crippen LogP contribution in [0.4, 0.5) is 0 Å². The van der Waals surface area contributed by atoms with E-state index in [4.69, 9.17) is 0 Å². The molecule has 0 aromatic rings. The summed E-state index contributed by atoms with van der Waals surface area (Å²) in [4.78, 5) is 14.3. The van der Waals surface area contributed by atoms with Gasteiger partial charge in [-0.05, 0) is 32.2 Å². The summed E-state index contributed by atoms with van der Waals surface area (Å²) in [6, 6.07) is 0. The fourth-order valence-electron chi connectivity index (χ4n) is 2.49. The van der Waals surface area contributed by atoms with Gasteiger partial charge < -0.3 is 5.32 Å². The average molecular weight is 266 g/mol. The van der Waals surface area contributed by atoms with Crippen LogP contribution in [0.25, 0.3) is 0 Å². The van der Waals surface area contributed by atoms with Gasteiger partial charge >= 0.3 is 0 Å². The Kier molecular flexibility index (Phi) is 6.05. The van der Waals surface area contributed by atoms with E-state index in [-0.39, 0.29) is 11.3 Å². The summed E-state index contributed by atoms with van der Waals surface area (Å²) >= 11 is 0. The fourth-order valence-corrected chi connectivity index (χ4v) is 2.49. The first-order valence-corrected chi connectivity index (χ1v) is 7.49. The maximum atomic E-state index is 11.8. The molecule has 1 amide bonds. The van der Waals surface area contributed by atoms with Crippen molar-refractivity contribution in [3.63, 3.8) is 0 Å². The van der Waals surface area contributed by atoms with E-state index in [1.807, 2.05) is 20.8 Å². The number of allylic oxidation sites excluding steroid dienone is 1. The monoisotopic (exact) mass is 266 g/mol. The van der Waals surface area contributed by atoms with E-state index in [9.17, 15) is 4.79 Å². The van der Waals surface area contributed by atoms with Gasteiger partial charge in [-0.1, -0.05) is 39.3 Å². The quantitative estimate of drug-likeness (QED) is 0.776. The zero-order chi connectivity index (χ0) is 14.5. The Morgan fingerprint density at radius 1 is 1.42 bits per heavy atom. The molecule has 1 unspecified atom stereocenters. The number of likely N-dealkylation sites (tertiary alicyclic amines) is 1. The normalized spacial score (nSPS) is 21.7. The van der Waals surface area contributed by atoms with Crippen LogP contribution < -0.4 is 5.32 Å². The van der Waals surface area contributed by atoms with Gasteiger partial charge in [-0.15, -0.1) is 0 Å². The molecule has 19 heavy (non-hydrogen) atoms. The second-order valence-corrected chi connectivity index (χ2v) is 6.81. The predicted octanol–water partition coefficient (Wildman–Crippen LogP) is 2.83. The van der Waals surface area contributed by atoms with Crippen LogP contribution in [0.15, 0.2) is 11.6 Å². The molecular weight excluding hydrogens is 236 g/mol. The summed E-state index contributed by atoms with van der Waals surface area (Å²) in [5.41, 5.74) is 1.18. The van der Waals surface area contributed by atoms with Crippen molar-refractivity contribution in [2.45, 2.75) is 47.5 Å². The van der Waals surface area contributed by atoms with Gasteiger partial charge in [-0.25, -0.2) is 0 Å². The summed E-state index contributed by atoms with van der Waals surface area (Å²) in [7, 11) is 0. The number of nitrogens with one attached hydrogen (secondary N) is 1. The molecule has 3 nitrogen and oxygen atoms in total. The minimum Gasteiger partial charge on any atom is -0.355 e. The molecule has 1 aliphatic rings. The number of hydrogen-bond donors (Lipinski definition) is 1. The van der Waals surface area contributed by atoms with Gasteiger partial charge in [0.2, 0.25) is 5.91 Å². The molecule has 0 radical (unpaired) electrons. The van der Waals surface area contributed by atoms with E-state index in [1.54, 1.807) is 0 Å². The van der Waals surface area contributed by atoms with Crippen molar-refractivity contribution < 1.29 is 4.79 Å². The third kappa shape index (κ3) is 5.77. The number of amides is 1. The summed E-state index contributed by atoms with van der Waals surface area (Å²) in [5.74, 6) is 0.772. The molecular formula is C16H30N2O. The van der Waals surface area contributed by atoms with Crippen LogP contribution in [0.1, 0.15) is 47.5 Å². The lowest BCUT2D eigenvalue weighted by Gasteiger charge is -2.20. The Morgan fingerprint density at radius 3 is 2.68 bits per heavy atom. The molecule has 0 spiro atoms. The molecule has 1 atom stereocenters. The van der Waals surface area contributed by atoms with E-state index in [1.165, 1.54) is 12.0 Å². The standard InChI is InChI=1S/C16H30N2O/c1-6-7-13(2)11-18-9-8-14(12-18)10-17-15(19)16(3,4)5/h7,14H,6,8-12H2,1-5H3,(H,17,19)/b13-7+. The largest absolute Gasteiger partial charge is 0.355 e. The Balaban J connectivity index is 2.29. The molecule has 0 aromatic heterocycles. The molecule has 0 aromatic carbocycles. The third-order valence-corrected chi connectivity index (χ3v) is 3.63. The Labute approximate surface area is 118 Å². The lowest BCUT2D eigenvalue weighted by molar-refractivity contribution is -0.128. The van der Waals surface area contributed by atoms with Crippen LogP contribution in [0, 0.1) is 11.3 Å². The topological polar surface area (TPSA) is 32.3 Å². The highest BCUT2D eigenvalue weighted by Crippen LogP contribution is 2.18. The van der Waals surface area contributed by atoms with Gasteiger partial charge in [0, 0.05) is 25.0 Å². The number of nitrogens with zero attached hydrogens (tertiary/aromatic N) is 1. The van der Waals surface area contributed by atoms with Gasteiger partial charge in [0.1, 0.15) is 0 Å². The first kappa shape index (κ1) is 16.2. The second kappa shape index (κ2) is 7.09. The van der Waals surface area contributed by atoms with Crippen LogP contribution in [0.5, 0.6) is 0 Å². The molecule has 0 saturated carbocycles. The molecule has 1 heterocycles. The average Bonchev–Trinajstić information content (AvgIpc) is 2.72. The molecule has 1 aliphatic heterocycles. The van der Waals surface area contributed by atoms with Crippen LogP contribution in [-0.2, 0) is 4.79 Å². The Bertz CT molecular complexity index is 328. The second-order valence-electron chi connectivity index (χ2n) is 6.81. The van der Waals surface area contributed by atoms with Crippen molar-refractivity contribution in [2.24, 2.45) is 11.3 Å². The highest BCUT2D eigenvalue weighted by atomic mass is 16.2. The van der Waals surface area contributed by atoms with Crippen LogP contribution in [0.2, 0.25) is 0 Å². The summed E-state index contributed by atoms with van der Waals surface area (Å²) in [5, 5.41) is 3.08. The minimum absolute atomic E-state index is 0.160. The molecule has 1 rings (SSSR count). The maximum absolute atomic E-state index is 11.8. The summed E-state index contributed by atoms with van der Waals surface area (Å²) < 4.78 is 0. The predicted molar refractivity (Wildman–Crippen MR) is 81.1 cm³/mol. The van der Waals surface area contributed by atoms with E-state index < -0.39 is 0 Å². The summed E-state index contributed by atoms with van der Waals surface area (Å²) in [6.07, 6.45) is 4.61. The van der Waals surface area contributed by atoms with E-state index in [0.717, 1.165) is 32.6 Å². The third-order valence-electron chi connectivity index (χ3n) is 3.63. The van der Waals surface area contributed by atoms with Crippen LogP contribution in [0.3, 0.4) is 0 Å². The highest BCUT2D eigenvalue weighted by Gasteiger charge is 2.25. The molecule has 1 fully saturated rings. The van der Waals surface area contributed by atoms with Crippen LogP contribution in [-0.4, -0.2) is 37.0 Å². The first-order chi connectivity index (χ1) is 8.82. The molecule has 0 bridgehead atoms. The van der Waals surface area contributed by atoms with Crippen molar-refractivity contribution in [1.29, 1.82) is 0 Å². The number of hydrogen-bond acceptors (Lipinski definition) is 2. The van der Waals surface area contributed by atoms with Gasteiger partial charge in [0.25, 0.3) is 0 Å². The zero-order valence-corrected chi connectivity index (χ0v) is 13.3. The number of rotatable bonds is 5. The molecule has 1 N–H and O–H groups in total. The lowest BCUT2D eigenvalue weighted by atomic mass is 9.95. The van der Waals surface area contributed by atoms with Gasteiger partial charge in [0.05, 0.1) is 0 Å². The minimum atomic E-state index is -0.279. The molecule has 110 valence electrons. The lowest BCUT2D eigenvalue weighted by Crippen LogP contribution is -2.38. The van der Waals surface area contributed by atoms with Crippen molar-refractivity contribution >= 4 is 5.91 Å². The van der Waals surface area contributed by atoms with Crippen LogP contribution >= 0.6 is 0 Å². The first-order valence-electron chi connectivity index (χ1n) is 7.49.